The number of hydroxylamine groups is 2. The molecule has 1 fully saturated rings. The highest BCUT2D eigenvalue weighted by atomic mass is 16.7. The fourth-order valence-corrected chi connectivity index (χ4v) is 2.51. The molecule has 1 heterocycles. The van der Waals surface area contributed by atoms with E-state index in [1.54, 1.807) is 0 Å². The smallest absolute Gasteiger partial charge is 0.333 e. The molecule has 0 bridgehead atoms. The molecule has 2 rings (SSSR count). The average Bonchev–Trinajstić information content (AvgIpc) is 2.98. The van der Waals surface area contributed by atoms with Crippen molar-refractivity contribution in [1.82, 2.24) is 10.4 Å². The number of hydrogen-bond acceptors (Lipinski definition) is 8. The molecule has 0 spiro atoms. The molecule has 150 valence electrons. The monoisotopic (exact) mass is 393 g/mol. The van der Waals surface area contributed by atoms with Gasteiger partial charge in [-0.3, -0.25) is 24.5 Å². The molecule has 0 atom stereocenters. The van der Waals surface area contributed by atoms with Crippen LogP contribution in [0.15, 0.2) is 18.2 Å². The van der Waals surface area contributed by atoms with E-state index < -0.39 is 35.2 Å². The number of rotatable bonds is 9. The highest BCUT2D eigenvalue weighted by Gasteiger charge is 2.32. The molecule has 1 aliphatic rings. The number of unbranched alkanes of at least 4 members (excludes halogenated alkanes) is 1. The van der Waals surface area contributed by atoms with Crippen LogP contribution >= 0.6 is 0 Å². The fraction of sp³-hybridized carbons (Fsp3) is 0.412. The number of aliphatic hydroxyl groups excluding tert-OH is 1. The van der Waals surface area contributed by atoms with Crippen LogP contribution in [-0.4, -0.2) is 45.3 Å². The zero-order valence-corrected chi connectivity index (χ0v) is 14.9. The minimum atomic E-state index is -0.717. The summed E-state index contributed by atoms with van der Waals surface area (Å²) in [5.41, 5.74) is -0.159. The van der Waals surface area contributed by atoms with Crippen molar-refractivity contribution in [3.05, 3.63) is 39.4 Å². The molecule has 1 aromatic carbocycles. The predicted molar refractivity (Wildman–Crippen MR) is 92.4 cm³/mol. The predicted octanol–water partition coefficient (Wildman–Crippen LogP) is 0.594. The maximum Gasteiger partial charge on any atom is 0.333 e. The summed E-state index contributed by atoms with van der Waals surface area (Å²) < 4.78 is 0. The zero-order valence-electron chi connectivity index (χ0n) is 14.9. The van der Waals surface area contributed by atoms with E-state index in [2.05, 4.69) is 5.32 Å². The first kappa shape index (κ1) is 21.0. The summed E-state index contributed by atoms with van der Waals surface area (Å²) in [5, 5.41) is 23.1. The molecule has 11 nitrogen and oxygen atoms in total. The molecular formula is C17H19N3O8. The number of nitrogens with zero attached hydrogens (tertiary/aromatic N) is 2. The number of aliphatic hydroxyl groups is 1. The fourth-order valence-electron chi connectivity index (χ4n) is 2.51. The molecule has 1 saturated heterocycles. The van der Waals surface area contributed by atoms with Crippen molar-refractivity contribution in [2.24, 2.45) is 0 Å². The summed E-state index contributed by atoms with van der Waals surface area (Å²) in [6, 6.07) is 3.77. The summed E-state index contributed by atoms with van der Waals surface area (Å²) in [6.45, 7) is -0.299. The van der Waals surface area contributed by atoms with E-state index in [1.165, 1.54) is 12.1 Å². The van der Waals surface area contributed by atoms with Gasteiger partial charge in [-0.15, -0.1) is 5.06 Å². The summed E-state index contributed by atoms with van der Waals surface area (Å²) in [4.78, 5) is 61.3. The van der Waals surface area contributed by atoms with Gasteiger partial charge in [0.1, 0.15) is 0 Å². The second-order valence-electron chi connectivity index (χ2n) is 6.02. The van der Waals surface area contributed by atoms with Crippen molar-refractivity contribution in [1.29, 1.82) is 0 Å². The lowest BCUT2D eigenvalue weighted by molar-refractivity contribution is -0.385. The maximum atomic E-state index is 12.0. The minimum Gasteiger partial charge on any atom is -0.391 e. The van der Waals surface area contributed by atoms with Crippen molar-refractivity contribution in [2.45, 2.75) is 38.7 Å². The third kappa shape index (κ3) is 5.33. The number of nitro groups is 1. The maximum absolute atomic E-state index is 12.0. The third-order valence-corrected chi connectivity index (χ3v) is 4.01. The van der Waals surface area contributed by atoms with E-state index in [9.17, 15) is 29.3 Å². The van der Waals surface area contributed by atoms with Crippen molar-refractivity contribution < 1.29 is 34.0 Å². The number of benzene rings is 1. The van der Waals surface area contributed by atoms with Crippen LogP contribution in [0.3, 0.4) is 0 Å². The van der Waals surface area contributed by atoms with Crippen LogP contribution < -0.4 is 5.32 Å². The Morgan fingerprint density at radius 1 is 1.21 bits per heavy atom. The number of amides is 3. The van der Waals surface area contributed by atoms with Gasteiger partial charge in [0.25, 0.3) is 23.4 Å². The topological polar surface area (TPSA) is 156 Å². The largest absolute Gasteiger partial charge is 0.391 e. The standard InChI is InChI=1S/C17H19N3O8/c21-10-12-5-4-11(9-13(12)20(26)27)17(25)18-8-2-1-3-16(24)28-19-14(22)6-7-15(19)23/h4-5,9,21H,1-3,6-8,10H2,(H,18,25). The van der Waals surface area contributed by atoms with Gasteiger partial charge in [-0.2, -0.15) is 0 Å². The van der Waals surface area contributed by atoms with Crippen LogP contribution in [0.4, 0.5) is 5.69 Å². The first-order valence-corrected chi connectivity index (χ1v) is 8.56. The van der Waals surface area contributed by atoms with Gasteiger partial charge < -0.3 is 15.3 Å². The van der Waals surface area contributed by atoms with E-state index >= 15 is 0 Å². The molecule has 0 saturated carbocycles. The van der Waals surface area contributed by atoms with E-state index in [1.807, 2.05) is 0 Å². The molecule has 1 aromatic rings. The van der Waals surface area contributed by atoms with E-state index in [0.717, 1.165) is 6.07 Å². The number of imide groups is 1. The van der Waals surface area contributed by atoms with Crippen LogP contribution in [0.5, 0.6) is 0 Å². The molecule has 3 amide bonds. The number of nitro benzene ring substituents is 1. The van der Waals surface area contributed by atoms with Crippen LogP contribution in [0.25, 0.3) is 0 Å². The van der Waals surface area contributed by atoms with Gasteiger partial charge in [0.2, 0.25) is 0 Å². The highest BCUT2D eigenvalue weighted by Crippen LogP contribution is 2.20. The van der Waals surface area contributed by atoms with Gasteiger partial charge in [0, 0.05) is 37.4 Å². The molecule has 0 unspecified atom stereocenters. The summed E-state index contributed by atoms with van der Waals surface area (Å²) >= 11 is 0. The highest BCUT2D eigenvalue weighted by molar-refractivity contribution is 6.01. The molecule has 0 aromatic heterocycles. The lowest BCUT2D eigenvalue weighted by Gasteiger charge is -2.12. The number of hydrogen-bond donors (Lipinski definition) is 2. The second-order valence-corrected chi connectivity index (χ2v) is 6.02. The molecule has 0 radical (unpaired) electrons. The molecular weight excluding hydrogens is 374 g/mol. The van der Waals surface area contributed by atoms with Crippen molar-refractivity contribution in [3.63, 3.8) is 0 Å². The molecule has 0 aliphatic carbocycles. The third-order valence-electron chi connectivity index (χ3n) is 4.01. The van der Waals surface area contributed by atoms with Gasteiger partial charge in [-0.1, -0.05) is 0 Å². The summed E-state index contributed by atoms with van der Waals surface area (Å²) in [7, 11) is 0. The number of carbonyl (C=O) groups is 4. The van der Waals surface area contributed by atoms with Crippen LogP contribution in [-0.2, 0) is 25.8 Å². The van der Waals surface area contributed by atoms with Crippen LogP contribution in [0, 0.1) is 10.1 Å². The Balaban J connectivity index is 1.73. The average molecular weight is 393 g/mol. The Bertz CT molecular complexity index is 792. The first-order chi connectivity index (χ1) is 13.3. The first-order valence-electron chi connectivity index (χ1n) is 8.56. The van der Waals surface area contributed by atoms with Gasteiger partial charge >= 0.3 is 5.97 Å². The lowest BCUT2D eigenvalue weighted by Crippen LogP contribution is -2.32. The van der Waals surface area contributed by atoms with Crippen molar-refractivity contribution >= 4 is 29.4 Å². The van der Waals surface area contributed by atoms with Crippen molar-refractivity contribution in [2.75, 3.05) is 6.54 Å². The van der Waals surface area contributed by atoms with E-state index in [0.29, 0.717) is 17.9 Å². The van der Waals surface area contributed by atoms with Gasteiger partial charge in [-0.25, -0.2) is 4.79 Å². The Hall–Kier alpha value is -3.34. The number of nitrogens with one attached hydrogen (secondary N) is 1. The molecule has 1 aliphatic heterocycles. The van der Waals surface area contributed by atoms with E-state index in [-0.39, 0.29) is 42.6 Å². The molecule has 2 N–H and O–H groups in total. The Labute approximate surface area is 159 Å². The number of carbonyl (C=O) groups excluding carboxylic acids is 4. The van der Waals surface area contributed by atoms with Gasteiger partial charge in [0.15, 0.2) is 0 Å². The Kier molecular flexibility index (Phi) is 7.15. The van der Waals surface area contributed by atoms with E-state index in [4.69, 9.17) is 9.94 Å². The minimum absolute atomic E-state index is 0.0234. The van der Waals surface area contributed by atoms with Crippen LogP contribution in [0.1, 0.15) is 48.0 Å². The summed E-state index contributed by atoms with van der Waals surface area (Å²) in [5.74, 6) is -2.34. The molecule has 11 heteroatoms. The SMILES string of the molecule is O=C(CCCCNC(=O)c1ccc(CO)c([N+](=O)[O-])c1)ON1C(=O)CCC1=O. The second kappa shape index (κ2) is 9.55. The lowest BCUT2D eigenvalue weighted by atomic mass is 10.1. The zero-order chi connectivity index (χ0) is 20.7. The quantitative estimate of drug-likeness (QED) is 0.267. The molecule has 28 heavy (non-hydrogen) atoms. The normalized spacial score (nSPS) is 13.5. The van der Waals surface area contributed by atoms with Gasteiger partial charge in [-0.05, 0) is 25.0 Å². The Morgan fingerprint density at radius 2 is 1.89 bits per heavy atom. The van der Waals surface area contributed by atoms with Crippen LogP contribution in [0.2, 0.25) is 0 Å². The summed E-state index contributed by atoms with van der Waals surface area (Å²) in [6.07, 6.45) is 0.771. The van der Waals surface area contributed by atoms with Gasteiger partial charge in [0.05, 0.1) is 17.1 Å². The Morgan fingerprint density at radius 3 is 2.50 bits per heavy atom. The van der Waals surface area contributed by atoms with Crippen molar-refractivity contribution in [3.8, 4) is 0 Å².